The predicted octanol–water partition coefficient (Wildman–Crippen LogP) is 3.75. The molecule has 2 heteroatoms. The number of hydrogen-bond acceptors (Lipinski definition) is 1. The van der Waals surface area contributed by atoms with Gasteiger partial charge >= 0.3 is 0 Å². The summed E-state index contributed by atoms with van der Waals surface area (Å²) in [7, 11) is 0. The standard InChI is InChI=1S/C12H15BrO/c1-10(14)5-2-3-6-11-7-4-8-12(13)9-11/h4,7-9H,2-3,5-6H2,1H3. The fourth-order valence-corrected chi connectivity index (χ4v) is 1.84. The van der Waals surface area contributed by atoms with Gasteiger partial charge in [0.1, 0.15) is 5.78 Å². The maximum atomic E-state index is 10.7. The Morgan fingerprint density at radius 1 is 1.36 bits per heavy atom. The zero-order chi connectivity index (χ0) is 10.4. The molecule has 0 N–H and O–H groups in total. The van der Waals surface area contributed by atoms with E-state index in [1.54, 1.807) is 6.92 Å². The van der Waals surface area contributed by atoms with Crippen molar-refractivity contribution < 1.29 is 4.79 Å². The highest BCUT2D eigenvalue weighted by Gasteiger charge is 1.96. The van der Waals surface area contributed by atoms with Crippen molar-refractivity contribution in [3.05, 3.63) is 34.3 Å². The average Bonchev–Trinajstić information content (AvgIpc) is 2.12. The van der Waals surface area contributed by atoms with Crippen molar-refractivity contribution in [2.75, 3.05) is 0 Å². The number of carbonyl (C=O) groups excluding carboxylic acids is 1. The normalized spacial score (nSPS) is 10.1. The first-order chi connectivity index (χ1) is 6.68. The summed E-state index contributed by atoms with van der Waals surface area (Å²) in [5, 5.41) is 0. The minimum Gasteiger partial charge on any atom is -0.300 e. The lowest BCUT2D eigenvalue weighted by atomic mass is 10.1. The number of carbonyl (C=O) groups is 1. The third-order valence-corrected chi connectivity index (χ3v) is 2.63. The largest absolute Gasteiger partial charge is 0.300 e. The van der Waals surface area contributed by atoms with Gasteiger partial charge in [-0.2, -0.15) is 0 Å². The van der Waals surface area contributed by atoms with Crippen molar-refractivity contribution in [3.63, 3.8) is 0 Å². The Bertz CT molecular complexity index is 307. The summed E-state index contributed by atoms with van der Waals surface area (Å²) in [4.78, 5) is 10.7. The first-order valence-corrected chi connectivity index (χ1v) is 5.71. The average molecular weight is 255 g/mol. The van der Waals surface area contributed by atoms with Crippen LogP contribution in [0.5, 0.6) is 0 Å². The molecule has 1 rings (SSSR count). The van der Waals surface area contributed by atoms with Gasteiger partial charge < -0.3 is 4.79 Å². The highest BCUT2D eigenvalue weighted by molar-refractivity contribution is 9.10. The zero-order valence-electron chi connectivity index (χ0n) is 8.42. The van der Waals surface area contributed by atoms with Crippen LogP contribution in [0.1, 0.15) is 31.7 Å². The maximum Gasteiger partial charge on any atom is 0.129 e. The first kappa shape index (κ1) is 11.4. The van der Waals surface area contributed by atoms with Crippen LogP contribution in [-0.4, -0.2) is 5.78 Å². The first-order valence-electron chi connectivity index (χ1n) is 4.92. The van der Waals surface area contributed by atoms with E-state index in [2.05, 4.69) is 28.1 Å². The van der Waals surface area contributed by atoms with Gasteiger partial charge in [0.15, 0.2) is 0 Å². The monoisotopic (exact) mass is 254 g/mol. The van der Waals surface area contributed by atoms with E-state index in [1.165, 1.54) is 5.56 Å². The molecule has 0 saturated carbocycles. The summed E-state index contributed by atoms with van der Waals surface area (Å²) in [6, 6.07) is 8.33. The molecular formula is C12H15BrO. The van der Waals surface area contributed by atoms with Gasteiger partial charge in [-0.1, -0.05) is 28.1 Å². The number of ketones is 1. The van der Waals surface area contributed by atoms with Gasteiger partial charge in [-0.3, -0.25) is 0 Å². The zero-order valence-corrected chi connectivity index (χ0v) is 10.0. The van der Waals surface area contributed by atoms with E-state index in [1.807, 2.05) is 12.1 Å². The van der Waals surface area contributed by atoms with Gasteiger partial charge in [0.25, 0.3) is 0 Å². The van der Waals surface area contributed by atoms with Crippen molar-refractivity contribution in [2.45, 2.75) is 32.6 Å². The molecule has 0 aliphatic carbocycles. The molecular weight excluding hydrogens is 240 g/mol. The smallest absolute Gasteiger partial charge is 0.129 e. The van der Waals surface area contributed by atoms with Crippen molar-refractivity contribution in [1.29, 1.82) is 0 Å². The topological polar surface area (TPSA) is 17.1 Å². The molecule has 0 aliphatic heterocycles. The molecule has 1 aromatic rings. The molecule has 14 heavy (non-hydrogen) atoms. The molecule has 0 atom stereocenters. The molecule has 76 valence electrons. The maximum absolute atomic E-state index is 10.7. The number of rotatable bonds is 5. The molecule has 0 radical (unpaired) electrons. The van der Waals surface area contributed by atoms with Crippen LogP contribution in [-0.2, 0) is 11.2 Å². The number of benzene rings is 1. The summed E-state index contributed by atoms with van der Waals surface area (Å²) >= 11 is 3.44. The van der Waals surface area contributed by atoms with Crippen LogP contribution in [0, 0.1) is 0 Å². The van der Waals surface area contributed by atoms with E-state index in [9.17, 15) is 4.79 Å². The fourth-order valence-electron chi connectivity index (χ4n) is 1.40. The van der Waals surface area contributed by atoms with Gasteiger partial charge in [-0.05, 0) is 43.9 Å². The Morgan fingerprint density at radius 3 is 2.79 bits per heavy atom. The van der Waals surface area contributed by atoms with E-state index >= 15 is 0 Å². The van der Waals surface area contributed by atoms with Gasteiger partial charge in [-0.15, -0.1) is 0 Å². The Morgan fingerprint density at radius 2 is 2.14 bits per heavy atom. The van der Waals surface area contributed by atoms with Crippen molar-refractivity contribution in [3.8, 4) is 0 Å². The van der Waals surface area contributed by atoms with Crippen LogP contribution in [0.3, 0.4) is 0 Å². The van der Waals surface area contributed by atoms with Crippen LogP contribution >= 0.6 is 15.9 Å². The molecule has 0 spiro atoms. The lowest BCUT2D eigenvalue weighted by Gasteiger charge is -2.01. The third kappa shape index (κ3) is 4.56. The van der Waals surface area contributed by atoms with Crippen LogP contribution in [0.15, 0.2) is 28.7 Å². The Kier molecular flexibility index (Phi) is 4.88. The molecule has 0 bridgehead atoms. The molecule has 0 aromatic heterocycles. The summed E-state index contributed by atoms with van der Waals surface area (Å²) in [5.41, 5.74) is 1.34. The van der Waals surface area contributed by atoms with E-state index in [4.69, 9.17) is 0 Å². The molecule has 0 unspecified atom stereocenters. The number of Topliss-reactive ketones (excluding diaryl/α,β-unsaturated/α-hetero) is 1. The van der Waals surface area contributed by atoms with Gasteiger partial charge in [0.05, 0.1) is 0 Å². The van der Waals surface area contributed by atoms with Crippen LogP contribution in [0.2, 0.25) is 0 Å². The predicted molar refractivity (Wildman–Crippen MR) is 62.4 cm³/mol. The highest BCUT2D eigenvalue weighted by atomic mass is 79.9. The highest BCUT2D eigenvalue weighted by Crippen LogP contribution is 2.13. The minimum atomic E-state index is 0.291. The van der Waals surface area contributed by atoms with E-state index in [0.29, 0.717) is 12.2 Å². The molecule has 1 aromatic carbocycles. The molecule has 0 heterocycles. The number of aryl methyl sites for hydroxylation is 1. The molecule has 1 nitrogen and oxygen atoms in total. The van der Waals surface area contributed by atoms with Crippen LogP contribution in [0.25, 0.3) is 0 Å². The molecule has 0 fully saturated rings. The second-order valence-corrected chi connectivity index (χ2v) is 4.45. The van der Waals surface area contributed by atoms with Gasteiger partial charge in [-0.25, -0.2) is 0 Å². The summed E-state index contributed by atoms with van der Waals surface area (Å²) < 4.78 is 1.13. The van der Waals surface area contributed by atoms with E-state index in [-0.39, 0.29) is 0 Å². The van der Waals surface area contributed by atoms with Crippen molar-refractivity contribution in [1.82, 2.24) is 0 Å². The summed E-state index contributed by atoms with van der Waals surface area (Å²) in [6.07, 6.45) is 3.87. The number of hydrogen-bond donors (Lipinski definition) is 0. The quantitative estimate of drug-likeness (QED) is 0.732. The van der Waals surface area contributed by atoms with Crippen LogP contribution < -0.4 is 0 Å². The summed E-state index contributed by atoms with van der Waals surface area (Å²) in [5.74, 6) is 0.291. The Labute approximate surface area is 93.7 Å². The lowest BCUT2D eigenvalue weighted by Crippen LogP contribution is -1.91. The lowest BCUT2D eigenvalue weighted by molar-refractivity contribution is -0.117. The second kappa shape index (κ2) is 5.97. The third-order valence-electron chi connectivity index (χ3n) is 2.13. The van der Waals surface area contributed by atoms with Crippen LogP contribution in [0.4, 0.5) is 0 Å². The van der Waals surface area contributed by atoms with E-state index in [0.717, 1.165) is 23.7 Å². The summed E-state index contributed by atoms with van der Waals surface area (Å²) in [6.45, 7) is 1.65. The Hall–Kier alpha value is -0.630. The van der Waals surface area contributed by atoms with Gasteiger partial charge in [0.2, 0.25) is 0 Å². The van der Waals surface area contributed by atoms with Crippen molar-refractivity contribution in [2.24, 2.45) is 0 Å². The van der Waals surface area contributed by atoms with E-state index < -0.39 is 0 Å². The Balaban J connectivity index is 2.28. The number of unbranched alkanes of at least 4 members (excludes halogenated alkanes) is 1. The van der Waals surface area contributed by atoms with Gasteiger partial charge in [0, 0.05) is 10.9 Å². The molecule has 0 amide bonds. The SMILES string of the molecule is CC(=O)CCCCc1cccc(Br)c1. The minimum absolute atomic E-state index is 0.291. The molecule has 0 saturated heterocycles. The fraction of sp³-hybridized carbons (Fsp3) is 0.417. The molecule has 0 aliphatic rings. The second-order valence-electron chi connectivity index (χ2n) is 3.54. The van der Waals surface area contributed by atoms with Crippen molar-refractivity contribution >= 4 is 21.7 Å². The number of halogens is 1.